The van der Waals surface area contributed by atoms with E-state index in [9.17, 15) is 4.79 Å². The van der Waals surface area contributed by atoms with Crippen molar-refractivity contribution in [3.8, 4) is 22.7 Å². The molecule has 3 aromatic rings. The topological polar surface area (TPSA) is 59.7 Å². The van der Waals surface area contributed by atoms with Gasteiger partial charge in [-0.1, -0.05) is 25.1 Å². The van der Waals surface area contributed by atoms with Crippen molar-refractivity contribution in [3.05, 3.63) is 71.3 Å². The molecule has 2 aromatic carbocycles. The van der Waals surface area contributed by atoms with Gasteiger partial charge in [0.15, 0.2) is 5.17 Å². The Balaban J connectivity index is 1.47. The molecule has 0 radical (unpaired) electrons. The van der Waals surface area contributed by atoms with Gasteiger partial charge in [-0.3, -0.25) is 4.79 Å². The fourth-order valence-corrected chi connectivity index (χ4v) is 5.07. The fraction of sp³-hybridized carbons (Fsp3) is 0.296. The SMILES string of the molecule is CCCOc1ccc(-c2nn(-c3ccccc3)cc2/C=C2/SC(N3CCCCC3)=NC2=O)cc1. The number of nitrogens with zero attached hydrogens (tertiary/aromatic N) is 4. The van der Waals surface area contributed by atoms with E-state index < -0.39 is 0 Å². The van der Waals surface area contributed by atoms with E-state index in [0.717, 1.165) is 65.8 Å². The lowest BCUT2D eigenvalue weighted by molar-refractivity contribution is -0.113. The van der Waals surface area contributed by atoms with Gasteiger partial charge in [-0.15, -0.1) is 0 Å². The Morgan fingerprint density at radius 2 is 1.79 bits per heavy atom. The first-order chi connectivity index (χ1) is 16.7. The van der Waals surface area contributed by atoms with Crippen LogP contribution < -0.4 is 4.74 Å². The van der Waals surface area contributed by atoms with E-state index in [4.69, 9.17) is 9.84 Å². The van der Waals surface area contributed by atoms with E-state index in [-0.39, 0.29) is 5.91 Å². The zero-order valence-electron chi connectivity index (χ0n) is 19.3. The summed E-state index contributed by atoms with van der Waals surface area (Å²) in [6.45, 7) is 4.72. The highest BCUT2D eigenvalue weighted by atomic mass is 32.2. The van der Waals surface area contributed by atoms with Gasteiger partial charge in [-0.25, -0.2) is 4.68 Å². The maximum Gasteiger partial charge on any atom is 0.286 e. The van der Waals surface area contributed by atoms with Crippen LogP contribution in [0.15, 0.2) is 70.7 Å². The van der Waals surface area contributed by atoms with Crippen LogP contribution >= 0.6 is 11.8 Å². The molecule has 6 nitrogen and oxygen atoms in total. The number of carbonyl (C=O) groups is 1. The molecule has 7 heteroatoms. The summed E-state index contributed by atoms with van der Waals surface area (Å²) < 4.78 is 7.60. The van der Waals surface area contributed by atoms with Gasteiger partial charge >= 0.3 is 0 Å². The number of aliphatic imine (C=N–C) groups is 1. The van der Waals surface area contributed by atoms with Crippen LogP contribution in [0, 0.1) is 0 Å². The van der Waals surface area contributed by atoms with Gasteiger partial charge in [0.2, 0.25) is 0 Å². The van der Waals surface area contributed by atoms with E-state index in [2.05, 4.69) is 16.8 Å². The molecular weight excluding hydrogens is 444 g/mol. The van der Waals surface area contributed by atoms with Gasteiger partial charge in [-0.2, -0.15) is 10.1 Å². The van der Waals surface area contributed by atoms with Gasteiger partial charge < -0.3 is 9.64 Å². The molecule has 0 N–H and O–H groups in total. The van der Waals surface area contributed by atoms with Crippen molar-refractivity contribution in [2.75, 3.05) is 19.7 Å². The minimum atomic E-state index is -0.174. The maximum absolute atomic E-state index is 12.8. The molecule has 2 aliphatic heterocycles. The number of hydrogen-bond donors (Lipinski definition) is 0. The Bertz CT molecular complexity index is 1210. The smallest absolute Gasteiger partial charge is 0.286 e. The molecule has 1 fully saturated rings. The average molecular weight is 473 g/mol. The molecule has 1 aromatic heterocycles. The number of thioether (sulfide) groups is 1. The van der Waals surface area contributed by atoms with Crippen LogP contribution in [-0.2, 0) is 4.79 Å². The average Bonchev–Trinajstić information content (AvgIpc) is 3.48. The largest absolute Gasteiger partial charge is 0.494 e. The van der Waals surface area contributed by atoms with Crippen molar-refractivity contribution in [1.82, 2.24) is 14.7 Å². The molecular formula is C27H28N4O2S. The lowest BCUT2D eigenvalue weighted by Gasteiger charge is -2.27. The summed E-state index contributed by atoms with van der Waals surface area (Å²) in [4.78, 5) is 20.0. The van der Waals surface area contributed by atoms with Crippen LogP contribution in [-0.4, -0.2) is 45.5 Å². The monoisotopic (exact) mass is 472 g/mol. The Kier molecular flexibility index (Phi) is 6.81. The van der Waals surface area contributed by atoms with E-state index in [1.807, 2.05) is 71.6 Å². The third-order valence-electron chi connectivity index (χ3n) is 5.89. The zero-order chi connectivity index (χ0) is 23.3. The molecule has 0 unspecified atom stereocenters. The first-order valence-corrected chi connectivity index (χ1v) is 12.7. The lowest BCUT2D eigenvalue weighted by Crippen LogP contribution is -2.33. The minimum absolute atomic E-state index is 0.174. The summed E-state index contributed by atoms with van der Waals surface area (Å²) in [5.74, 6) is 0.668. The number of likely N-dealkylation sites (tertiary alicyclic amines) is 1. The van der Waals surface area contributed by atoms with E-state index in [1.54, 1.807) is 0 Å². The highest BCUT2D eigenvalue weighted by molar-refractivity contribution is 8.18. The highest BCUT2D eigenvalue weighted by Crippen LogP contribution is 2.34. The van der Waals surface area contributed by atoms with Gasteiger partial charge in [-0.05, 0) is 79.9 Å². The van der Waals surface area contributed by atoms with E-state index in [1.165, 1.54) is 18.2 Å². The van der Waals surface area contributed by atoms with Crippen LogP contribution in [0.2, 0.25) is 0 Å². The number of piperidine rings is 1. The normalized spacial score (nSPS) is 17.3. The van der Waals surface area contributed by atoms with Crippen LogP contribution in [0.5, 0.6) is 5.75 Å². The fourth-order valence-electron chi connectivity index (χ4n) is 4.12. The standard InChI is InChI=1S/C27H28N4O2S/c1-2-17-33-23-13-11-20(12-14-23)25-21(19-31(29-25)22-9-5-3-6-10-22)18-24-26(32)28-27(34-24)30-15-7-4-8-16-30/h3,5-6,9-14,18-19H,2,4,7-8,15-17H2,1H3/b24-18+. The van der Waals surface area contributed by atoms with Crippen LogP contribution in [0.4, 0.5) is 0 Å². The molecule has 34 heavy (non-hydrogen) atoms. The lowest BCUT2D eigenvalue weighted by atomic mass is 10.1. The van der Waals surface area contributed by atoms with Crippen molar-refractivity contribution >= 4 is 28.9 Å². The maximum atomic E-state index is 12.8. The Morgan fingerprint density at radius 1 is 1.03 bits per heavy atom. The number of benzene rings is 2. The van der Waals surface area contributed by atoms with Crippen LogP contribution in [0.25, 0.3) is 23.0 Å². The Morgan fingerprint density at radius 3 is 2.53 bits per heavy atom. The Hall–Kier alpha value is -3.32. The summed E-state index contributed by atoms with van der Waals surface area (Å²) in [5.41, 5.74) is 3.64. The van der Waals surface area contributed by atoms with Crippen molar-refractivity contribution in [1.29, 1.82) is 0 Å². The van der Waals surface area contributed by atoms with Gasteiger partial charge in [0.1, 0.15) is 5.75 Å². The molecule has 3 heterocycles. The summed E-state index contributed by atoms with van der Waals surface area (Å²) in [6.07, 6.45) is 8.42. The second-order valence-corrected chi connectivity index (χ2v) is 9.45. The van der Waals surface area contributed by atoms with Crippen LogP contribution in [0.3, 0.4) is 0 Å². The quantitative estimate of drug-likeness (QED) is 0.425. The molecule has 5 rings (SSSR count). The molecule has 0 bridgehead atoms. The van der Waals surface area contributed by atoms with Crippen LogP contribution in [0.1, 0.15) is 38.2 Å². The molecule has 1 amide bonds. The second-order valence-electron chi connectivity index (χ2n) is 8.44. The summed E-state index contributed by atoms with van der Waals surface area (Å²) in [7, 11) is 0. The number of aromatic nitrogens is 2. The molecule has 0 atom stereocenters. The third kappa shape index (κ3) is 4.94. The molecule has 0 aliphatic carbocycles. The molecule has 2 aliphatic rings. The first-order valence-electron chi connectivity index (χ1n) is 11.9. The van der Waals surface area contributed by atoms with Crippen molar-refractivity contribution in [2.45, 2.75) is 32.6 Å². The Labute approximate surface area is 204 Å². The van der Waals surface area contributed by atoms with Crippen molar-refractivity contribution in [3.63, 3.8) is 0 Å². The molecule has 0 saturated carbocycles. The first kappa shape index (κ1) is 22.5. The number of amidine groups is 1. The zero-order valence-corrected chi connectivity index (χ0v) is 20.1. The van der Waals surface area contributed by atoms with Gasteiger partial charge in [0.05, 0.1) is 22.9 Å². The summed E-state index contributed by atoms with van der Waals surface area (Å²) in [6, 6.07) is 18.0. The minimum Gasteiger partial charge on any atom is -0.494 e. The van der Waals surface area contributed by atoms with Crippen molar-refractivity contribution in [2.24, 2.45) is 4.99 Å². The number of amides is 1. The number of para-hydroxylation sites is 1. The molecule has 0 spiro atoms. The highest BCUT2D eigenvalue weighted by Gasteiger charge is 2.27. The van der Waals surface area contributed by atoms with Crippen molar-refractivity contribution < 1.29 is 9.53 Å². The number of hydrogen-bond acceptors (Lipinski definition) is 5. The van der Waals surface area contributed by atoms with Gasteiger partial charge in [0.25, 0.3) is 5.91 Å². The number of ether oxygens (including phenoxy) is 1. The number of carbonyl (C=O) groups excluding carboxylic acids is 1. The second kappa shape index (κ2) is 10.3. The third-order valence-corrected chi connectivity index (χ3v) is 6.93. The van der Waals surface area contributed by atoms with E-state index in [0.29, 0.717) is 11.5 Å². The summed E-state index contributed by atoms with van der Waals surface area (Å²) >= 11 is 1.47. The predicted octanol–water partition coefficient (Wildman–Crippen LogP) is 5.78. The molecule has 1 saturated heterocycles. The predicted molar refractivity (Wildman–Crippen MR) is 138 cm³/mol. The number of rotatable bonds is 6. The van der Waals surface area contributed by atoms with Gasteiger partial charge in [0, 0.05) is 30.4 Å². The molecule has 174 valence electrons. The summed E-state index contributed by atoms with van der Waals surface area (Å²) in [5, 5.41) is 5.71. The van der Waals surface area contributed by atoms with E-state index >= 15 is 0 Å².